The molecule has 0 radical (unpaired) electrons. The van der Waals surface area contributed by atoms with Gasteiger partial charge in [0.05, 0.1) is 10.6 Å². The molecule has 0 aliphatic rings. The average molecular weight is 550 g/mol. The van der Waals surface area contributed by atoms with Crippen LogP contribution >= 0.6 is 0 Å². The zero-order valence-electron chi connectivity index (χ0n) is 23.7. The van der Waals surface area contributed by atoms with Gasteiger partial charge < -0.3 is 10.2 Å². The van der Waals surface area contributed by atoms with Crippen molar-refractivity contribution in [2.24, 2.45) is 0 Å². The SMILES string of the molecule is CCNC(=O)[C@H](CC)N(Cc1ccc(C)cc1)C(=O)CN(c1ccc(C)cc1C)S(=O)(=O)c1ccc(C)cc1. The molecule has 0 fully saturated rings. The number of anilines is 1. The van der Waals surface area contributed by atoms with Gasteiger partial charge in [-0.3, -0.25) is 13.9 Å². The first-order valence-electron chi connectivity index (χ1n) is 13.3. The van der Waals surface area contributed by atoms with Crippen LogP contribution in [-0.4, -0.2) is 44.3 Å². The molecule has 3 rings (SSSR count). The summed E-state index contributed by atoms with van der Waals surface area (Å²) in [6, 6.07) is 19.0. The largest absolute Gasteiger partial charge is 0.355 e. The lowest BCUT2D eigenvalue weighted by Gasteiger charge is -2.33. The van der Waals surface area contributed by atoms with Gasteiger partial charge in [0.1, 0.15) is 12.6 Å². The molecule has 208 valence electrons. The number of nitrogens with zero attached hydrogens (tertiary/aromatic N) is 2. The van der Waals surface area contributed by atoms with Crippen molar-refractivity contribution in [1.29, 1.82) is 0 Å². The molecule has 0 saturated carbocycles. The first-order valence-corrected chi connectivity index (χ1v) is 14.7. The molecule has 0 aliphatic carbocycles. The van der Waals surface area contributed by atoms with Gasteiger partial charge in [-0.15, -0.1) is 0 Å². The standard InChI is InChI=1S/C31H39N3O4S/c1-7-28(31(36)32-8-2)33(20-26-14-9-22(3)10-15-26)30(35)21-34(29-18-13-24(5)19-25(29)6)39(37,38)27-16-11-23(4)12-17-27/h9-19,28H,7-8,20-21H2,1-6H3,(H,32,36)/t28-/m0/s1. The minimum absolute atomic E-state index is 0.0988. The van der Waals surface area contributed by atoms with Crippen molar-refractivity contribution in [3.63, 3.8) is 0 Å². The number of carbonyl (C=O) groups excluding carboxylic acids is 2. The summed E-state index contributed by atoms with van der Waals surface area (Å²) < 4.78 is 29.1. The summed E-state index contributed by atoms with van der Waals surface area (Å²) >= 11 is 0. The Morgan fingerprint density at radius 2 is 1.38 bits per heavy atom. The summed E-state index contributed by atoms with van der Waals surface area (Å²) in [4.78, 5) is 28.7. The van der Waals surface area contributed by atoms with Gasteiger partial charge in [0, 0.05) is 13.1 Å². The highest BCUT2D eigenvalue weighted by Gasteiger charge is 2.34. The molecule has 8 heteroatoms. The Balaban J connectivity index is 2.09. The van der Waals surface area contributed by atoms with E-state index in [9.17, 15) is 18.0 Å². The van der Waals surface area contributed by atoms with E-state index in [0.717, 1.165) is 27.8 Å². The Hall–Kier alpha value is -3.65. The van der Waals surface area contributed by atoms with Crippen molar-refractivity contribution >= 4 is 27.5 Å². The lowest BCUT2D eigenvalue weighted by Crippen LogP contribution is -2.52. The van der Waals surface area contributed by atoms with E-state index in [4.69, 9.17) is 0 Å². The fourth-order valence-electron chi connectivity index (χ4n) is 4.54. The molecule has 3 aromatic carbocycles. The van der Waals surface area contributed by atoms with Crippen LogP contribution in [0.1, 0.15) is 48.1 Å². The summed E-state index contributed by atoms with van der Waals surface area (Å²) in [7, 11) is -4.09. The van der Waals surface area contributed by atoms with E-state index in [1.54, 1.807) is 30.3 Å². The van der Waals surface area contributed by atoms with Crippen LogP contribution in [0.5, 0.6) is 0 Å². The summed E-state index contributed by atoms with van der Waals surface area (Å²) in [5.74, 6) is -0.718. The van der Waals surface area contributed by atoms with Crippen LogP contribution in [0.25, 0.3) is 0 Å². The number of aryl methyl sites for hydroxylation is 4. The number of benzene rings is 3. The molecule has 1 atom stereocenters. The number of nitrogens with one attached hydrogen (secondary N) is 1. The Kier molecular flexibility index (Phi) is 9.92. The summed E-state index contributed by atoms with van der Waals surface area (Å²) in [6.45, 7) is 11.5. The first-order chi connectivity index (χ1) is 18.5. The molecule has 7 nitrogen and oxygen atoms in total. The Morgan fingerprint density at radius 3 is 1.92 bits per heavy atom. The van der Waals surface area contributed by atoms with Crippen molar-refractivity contribution in [2.75, 3.05) is 17.4 Å². The molecule has 1 N–H and O–H groups in total. The molecule has 39 heavy (non-hydrogen) atoms. The molecule has 0 saturated heterocycles. The van der Waals surface area contributed by atoms with Crippen molar-refractivity contribution in [2.45, 2.75) is 65.4 Å². The molecule has 3 aromatic rings. The Morgan fingerprint density at radius 1 is 0.821 bits per heavy atom. The van der Waals surface area contributed by atoms with Crippen molar-refractivity contribution < 1.29 is 18.0 Å². The molecular formula is C31H39N3O4S. The van der Waals surface area contributed by atoms with E-state index in [1.807, 2.05) is 77.9 Å². The van der Waals surface area contributed by atoms with Crippen LogP contribution in [0, 0.1) is 27.7 Å². The molecule has 0 aliphatic heterocycles. The quantitative estimate of drug-likeness (QED) is 0.362. The number of carbonyl (C=O) groups is 2. The second-order valence-corrected chi connectivity index (χ2v) is 11.8. The third kappa shape index (κ3) is 7.26. The first kappa shape index (κ1) is 29.9. The van der Waals surface area contributed by atoms with Gasteiger partial charge in [-0.25, -0.2) is 8.42 Å². The fourth-order valence-corrected chi connectivity index (χ4v) is 6.02. The van der Waals surface area contributed by atoms with E-state index in [2.05, 4.69) is 5.32 Å². The topological polar surface area (TPSA) is 86.8 Å². The smallest absolute Gasteiger partial charge is 0.264 e. The third-order valence-corrected chi connectivity index (χ3v) is 8.49. The predicted molar refractivity (Wildman–Crippen MR) is 156 cm³/mol. The van der Waals surface area contributed by atoms with Gasteiger partial charge in [-0.05, 0) is 70.4 Å². The molecule has 0 unspecified atom stereocenters. The maximum absolute atomic E-state index is 14.1. The van der Waals surface area contributed by atoms with Gasteiger partial charge >= 0.3 is 0 Å². The van der Waals surface area contributed by atoms with E-state index in [1.165, 1.54) is 9.21 Å². The Bertz CT molecular complexity index is 1400. The van der Waals surface area contributed by atoms with E-state index < -0.39 is 28.5 Å². The van der Waals surface area contributed by atoms with Gasteiger partial charge in [-0.2, -0.15) is 0 Å². The third-order valence-electron chi connectivity index (χ3n) is 6.72. The van der Waals surface area contributed by atoms with Crippen LogP contribution in [0.3, 0.4) is 0 Å². The molecular weight excluding hydrogens is 510 g/mol. The number of rotatable bonds is 11. The van der Waals surface area contributed by atoms with Gasteiger partial charge in [0.2, 0.25) is 11.8 Å². The maximum atomic E-state index is 14.1. The van der Waals surface area contributed by atoms with E-state index in [0.29, 0.717) is 18.7 Å². The van der Waals surface area contributed by atoms with Gasteiger partial charge in [0.25, 0.3) is 10.0 Å². The zero-order valence-corrected chi connectivity index (χ0v) is 24.5. The number of likely N-dealkylation sites (N-methyl/N-ethyl adjacent to an activating group) is 1. The summed E-state index contributed by atoms with van der Waals surface area (Å²) in [5.41, 5.74) is 5.02. The predicted octanol–water partition coefficient (Wildman–Crippen LogP) is 5.06. The van der Waals surface area contributed by atoms with E-state index >= 15 is 0 Å². The number of amides is 2. The lowest BCUT2D eigenvalue weighted by molar-refractivity contribution is -0.140. The molecule has 0 aromatic heterocycles. The summed E-state index contributed by atoms with van der Waals surface area (Å²) in [5, 5.41) is 2.82. The highest BCUT2D eigenvalue weighted by atomic mass is 32.2. The minimum Gasteiger partial charge on any atom is -0.355 e. The molecule has 2 amide bonds. The minimum atomic E-state index is -4.09. The van der Waals surface area contributed by atoms with Crippen LogP contribution in [0.2, 0.25) is 0 Å². The van der Waals surface area contributed by atoms with Crippen molar-refractivity contribution in [3.8, 4) is 0 Å². The van der Waals surface area contributed by atoms with Crippen molar-refractivity contribution in [1.82, 2.24) is 10.2 Å². The molecule has 0 spiro atoms. The van der Waals surface area contributed by atoms with Crippen molar-refractivity contribution in [3.05, 3.63) is 94.5 Å². The highest BCUT2D eigenvalue weighted by Crippen LogP contribution is 2.28. The normalized spacial score (nSPS) is 12.1. The van der Waals surface area contributed by atoms with Gasteiger partial charge in [-0.1, -0.05) is 72.1 Å². The lowest BCUT2D eigenvalue weighted by atomic mass is 10.1. The Labute approximate surface area is 232 Å². The molecule has 0 heterocycles. The summed E-state index contributed by atoms with van der Waals surface area (Å²) in [6.07, 6.45) is 0.387. The highest BCUT2D eigenvalue weighted by molar-refractivity contribution is 7.92. The van der Waals surface area contributed by atoms with Crippen LogP contribution in [0.15, 0.2) is 71.6 Å². The zero-order chi connectivity index (χ0) is 28.7. The number of sulfonamides is 1. The van der Waals surface area contributed by atoms with Crippen LogP contribution in [-0.2, 0) is 26.2 Å². The molecule has 0 bridgehead atoms. The van der Waals surface area contributed by atoms with Gasteiger partial charge in [0.15, 0.2) is 0 Å². The second-order valence-electron chi connectivity index (χ2n) is 9.94. The fraction of sp³-hybridized carbons (Fsp3) is 0.355. The number of hydrogen-bond donors (Lipinski definition) is 1. The second kappa shape index (κ2) is 12.9. The van der Waals surface area contributed by atoms with E-state index in [-0.39, 0.29) is 17.3 Å². The maximum Gasteiger partial charge on any atom is 0.264 e. The average Bonchev–Trinajstić information content (AvgIpc) is 2.89. The number of hydrogen-bond acceptors (Lipinski definition) is 4. The van der Waals surface area contributed by atoms with Crippen LogP contribution in [0.4, 0.5) is 5.69 Å². The monoisotopic (exact) mass is 549 g/mol. The van der Waals surface area contributed by atoms with Crippen LogP contribution < -0.4 is 9.62 Å².